The minimum absolute atomic E-state index is 0.105. The third-order valence-electron chi connectivity index (χ3n) is 5.19. The molecule has 0 aliphatic carbocycles. The summed E-state index contributed by atoms with van der Waals surface area (Å²) in [6, 6.07) is 7.70. The molecule has 0 bridgehead atoms. The molecule has 152 valence electrons. The molecule has 0 radical (unpaired) electrons. The van der Waals surface area contributed by atoms with Crippen LogP contribution in [0, 0.1) is 0 Å². The topological polar surface area (TPSA) is 63.5 Å². The first kappa shape index (κ1) is 21.0. The zero-order valence-electron chi connectivity index (χ0n) is 16.1. The van der Waals surface area contributed by atoms with Crippen LogP contribution < -0.4 is 10.6 Å². The molecule has 0 amide bonds. The van der Waals surface area contributed by atoms with Crippen LogP contribution in [-0.2, 0) is 16.7 Å². The first-order valence-electron chi connectivity index (χ1n) is 9.58. The molecule has 1 saturated heterocycles. The highest BCUT2D eigenvalue weighted by Gasteiger charge is 2.36. The Kier molecular flexibility index (Phi) is 7.59. The van der Waals surface area contributed by atoms with Gasteiger partial charge in [-0.1, -0.05) is 29.3 Å². The number of guanidine groups is 1. The monoisotopic (exact) mass is 423 g/mol. The van der Waals surface area contributed by atoms with E-state index < -0.39 is 0 Å². The van der Waals surface area contributed by atoms with Crippen LogP contribution in [-0.4, -0.2) is 49.1 Å². The number of ether oxygens (including phenoxy) is 1. The maximum Gasteiger partial charge on any atom is 0.191 e. The smallest absolute Gasteiger partial charge is 0.191 e. The van der Waals surface area contributed by atoms with Gasteiger partial charge < -0.3 is 15.4 Å². The Bertz CT molecular complexity index is 773. The molecule has 2 N–H and O–H groups in total. The fourth-order valence-electron chi connectivity index (χ4n) is 3.58. The van der Waals surface area contributed by atoms with Crippen molar-refractivity contribution in [1.29, 1.82) is 0 Å². The second-order valence-electron chi connectivity index (χ2n) is 6.99. The van der Waals surface area contributed by atoms with Crippen molar-refractivity contribution in [3.63, 3.8) is 0 Å². The van der Waals surface area contributed by atoms with Gasteiger partial charge in [-0.2, -0.15) is 5.10 Å². The highest BCUT2D eigenvalue weighted by atomic mass is 35.5. The van der Waals surface area contributed by atoms with Crippen molar-refractivity contribution >= 4 is 29.2 Å². The average Bonchev–Trinajstić information content (AvgIpc) is 3.21. The van der Waals surface area contributed by atoms with Crippen molar-refractivity contribution in [2.24, 2.45) is 4.99 Å². The van der Waals surface area contributed by atoms with Crippen LogP contribution >= 0.6 is 23.2 Å². The molecule has 6 nitrogen and oxygen atoms in total. The number of aryl methyl sites for hydroxylation is 1. The predicted octanol–water partition coefficient (Wildman–Crippen LogP) is 3.49. The lowest BCUT2D eigenvalue weighted by Gasteiger charge is -2.39. The summed E-state index contributed by atoms with van der Waals surface area (Å²) in [5, 5.41) is 12.4. The first-order valence-corrected chi connectivity index (χ1v) is 10.3. The number of hydrogen-bond donors (Lipinski definition) is 2. The lowest BCUT2D eigenvalue weighted by molar-refractivity contribution is 0.0514. The van der Waals surface area contributed by atoms with Crippen LogP contribution in [0.2, 0.25) is 10.0 Å². The number of hydrogen-bond acceptors (Lipinski definition) is 3. The molecule has 2 aromatic rings. The fraction of sp³-hybridized carbons (Fsp3) is 0.500. The van der Waals surface area contributed by atoms with Gasteiger partial charge in [0.05, 0.1) is 0 Å². The zero-order valence-corrected chi connectivity index (χ0v) is 17.6. The molecule has 0 unspecified atom stereocenters. The van der Waals surface area contributed by atoms with Gasteiger partial charge in [-0.15, -0.1) is 0 Å². The summed E-state index contributed by atoms with van der Waals surface area (Å²) in [5.74, 6) is 0.788. The van der Waals surface area contributed by atoms with Gasteiger partial charge in [-0.25, -0.2) is 0 Å². The molecule has 1 aliphatic heterocycles. The van der Waals surface area contributed by atoms with Crippen molar-refractivity contribution in [2.75, 3.05) is 33.4 Å². The molecule has 2 heterocycles. The van der Waals surface area contributed by atoms with Crippen LogP contribution in [0.5, 0.6) is 0 Å². The first-order chi connectivity index (χ1) is 13.6. The molecule has 28 heavy (non-hydrogen) atoms. The van der Waals surface area contributed by atoms with E-state index in [0.29, 0.717) is 10.0 Å². The second-order valence-corrected chi connectivity index (χ2v) is 7.84. The van der Waals surface area contributed by atoms with E-state index in [1.165, 1.54) is 0 Å². The zero-order chi connectivity index (χ0) is 19.8. The van der Waals surface area contributed by atoms with E-state index in [9.17, 15) is 0 Å². The SMILES string of the molecule is CN=C(NCCCn1cccn1)NCC1(c2ccc(Cl)cc2Cl)CCOCC1. The molecule has 0 atom stereocenters. The van der Waals surface area contributed by atoms with Gasteiger partial charge in [0.25, 0.3) is 0 Å². The predicted molar refractivity (Wildman–Crippen MR) is 114 cm³/mol. The van der Waals surface area contributed by atoms with Gasteiger partial charge in [0.2, 0.25) is 0 Å². The van der Waals surface area contributed by atoms with Crippen molar-refractivity contribution in [3.05, 3.63) is 52.3 Å². The summed E-state index contributed by atoms with van der Waals surface area (Å²) in [6.07, 6.45) is 6.53. The van der Waals surface area contributed by atoms with Crippen LogP contribution in [0.15, 0.2) is 41.7 Å². The Balaban J connectivity index is 1.59. The number of nitrogens with zero attached hydrogens (tertiary/aromatic N) is 3. The van der Waals surface area contributed by atoms with E-state index in [-0.39, 0.29) is 5.41 Å². The van der Waals surface area contributed by atoms with E-state index in [0.717, 1.165) is 63.6 Å². The number of aromatic nitrogens is 2. The van der Waals surface area contributed by atoms with Crippen LogP contribution in [0.25, 0.3) is 0 Å². The highest BCUT2D eigenvalue weighted by Crippen LogP contribution is 2.39. The van der Waals surface area contributed by atoms with Gasteiger partial charge in [-0.3, -0.25) is 9.67 Å². The number of nitrogens with one attached hydrogen (secondary N) is 2. The molecule has 0 spiro atoms. The minimum atomic E-state index is -0.105. The molecule has 1 fully saturated rings. The number of benzene rings is 1. The van der Waals surface area contributed by atoms with Crippen molar-refractivity contribution in [3.8, 4) is 0 Å². The lowest BCUT2D eigenvalue weighted by Crippen LogP contribution is -2.48. The molecule has 1 aliphatic rings. The summed E-state index contributed by atoms with van der Waals surface area (Å²) >= 11 is 12.6. The summed E-state index contributed by atoms with van der Waals surface area (Å²) in [7, 11) is 1.79. The summed E-state index contributed by atoms with van der Waals surface area (Å²) in [6.45, 7) is 3.86. The maximum absolute atomic E-state index is 6.55. The normalized spacial score (nSPS) is 16.8. The van der Waals surface area contributed by atoms with E-state index in [2.05, 4.69) is 20.7 Å². The Morgan fingerprint density at radius 3 is 2.79 bits per heavy atom. The lowest BCUT2D eigenvalue weighted by atomic mass is 9.74. The number of aliphatic imine (C=N–C) groups is 1. The highest BCUT2D eigenvalue weighted by molar-refractivity contribution is 6.35. The van der Waals surface area contributed by atoms with E-state index in [1.807, 2.05) is 35.1 Å². The second kappa shape index (κ2) is 10.1. The molecule has 0 saturated carbocycles. The van der Waals surface area contributed by atoms with Gasteiger partial charge in [0.1, 0.15) is 0 Å². The van der Waals surface area contributed by atoms with Gasteiger partial charge in [-0.05, 0) is 43.0 Å². The van der Waals surface area contributed by atoms with Crippen LogP contribution in [0.3, 0.4) is 0 Å². The summed E-state index contributed by atoms with van der Waals surface area (Å²) < 4.78 is 7.53. The maximum atomic E-state index is 6.55. The van der Waals surface area contributed by atoms with Crippen molar-refractivity contribution < 1.29 is 4.74 Å². The Hall–Kier alpha value is -1.76. The largest absolute Gasteiger partial charge is 0.381 e. The number of halogens is 2. The quantitative estimate of drug-likeness (QED) is 0.406. The van der Waals surface area contributed by atoms with E-state index in [1.54, 1.807) is 13.2 Å². The van der Waals surface area contributed by atoms with Gasteiger partial charge >= 0.3 is 0 Å². The molecule has 1 aromatic carbocycles. The summed E-state index contributed by atoms with van der Waals surface area (Å²) in [5.41, 5.74) is 1.01. The van der Waals surface area contributed by atoms with Crippen molar-refractivity contribution in [1.82, 2.24) is 20.4 Å². The summed E-state index contributed by atoms with van der Waals surface area (Å²) in [4.78, 5) is 4.35. The van der Waals surface area contributed by atoms with Gasteiger partial charge in [0, 0.05) is 67.7 Å². The van der Waals surface area contributed by atoms with E-state index >= 15 is 0 Å². The molecular formula is C20H27Cl2N5O. The third kappa shape index (κ3) is 5.40. The number of rotatable bonds is 7. The molecule has 1 aromatic heterocycles. The van der Waals surface area contributed by atoms with E-state index in [4.69, 9.17) is 27.9 Å². The Labute approximate surface area is 176 Å². The molecule has 8 heteroatoms. The van der Waals surface area contributed by atoms with Crippen LogP contribution in [0.4, 0.5) is 0 Å². The van der Waals surface area contributed by atoms with Crippen molar-refractivity contribution in [2.45, 2.75) is 31.2 Å². The standard InChI is InChI=1S/C20H27Cl2N5O/c1-23-19(24-8-2-10-27-11-3-9-26-27)25-15-20(6-12-28-13-7-20)17-5-4-16(21)14-18(17)22/h3-5,9,11,14H,2,6-8,10,12-13,15H2,1H3,(H2,23,24,25). The van der Waals surface area contributed by atoms with Crippen LogP contribution in [0.1, 0.15) is 24.8 Å². The molecular weight excluding hydrogens is 397 g/mol. The Morgan fingerprint density at radius 2 is 2.11 bits per heavy atom. The third-order valence-corrected chi connectivity index (χ3v) is 5.73. The molecule has 3 rings (SSSR count). The Morgan fingerprint density at radius 1 is 1.29 bits per heavy atom. The fourth-order valence-corrected chi connectivity index (χ4v) is 4.19. The average molecular weight is 424 g/mol. The van der Waals surface area contributed by atoms with Gasteiger partial charge in [0.15, 0.2) is 5.96 Å². The minimum Gasteiger partial charge on any atom is -0.381 e.